The Hall–Kier alpha value is -3.09. The van der Waals surface area contributed by atoms with E-state index in [2.05, 4.69) is 21.7 Å². The number of nitrogens with one attached hydrogen (secondary N) is 2. The number of hydrogen-bond donors (Lipinski definition) is 2. The predicted molar refractivity (Wildman–Crippen MR) is 115 cm³/mol. The van der Waals surface area contributed by atoms with Gasteiger partial charge >= 0.3 is 0 Å². The molecule has 0 aromatic heterocycles. The molecule has 0 saturated carbocycles. The number of nitrogens with zero attached hydrogens (tertiary/aromatic N) is 1. The van der Waals surface area contributed by atoms with E-state index in [1.54, 1.807) is 21.3 Å². The Balaban J connectivity index is 2.11. The van der Waals surface area contributed by atoms with Crippen molar-refractivity contribution in [3.05, 3.63) is 47.5 Å². The summed E-state index contributed by atoms with van der Waals surface area (Å²) in [5, 5.41) is 6.62. The monoisotopic (exact) mass is 401 g/mol. The Kier molecular flexibility index (Phi) is 8.95. The molecule has 7 nitrogen and oxygen atoms in total. The first-order valence-corrected chi connectivity index (χ1v) is 9.67. The molecule has 0 aliphatic carbocycles. The lowest BCUT2D eigenvalue weighted by Gasteiger charge is -2.14. The highest BCUT2D eigenvalue weighted by atomic mass is 16.5. The second-order valence-electron chi connectivity index (χ2n) is 6.16. The van der Waals surface area contributed by atoms with Crippen LogP contribution in [0.5, 0.6) is 23.0 Å². The average Bonchev–Trinajstić information content (AvgIpc) is 2.75. The summed E-state index contributed by atoms with van der Waals surface area (Å²) in [5.41, 5.74) is 2.07. The summed E-state index contributed by atoms with van der Waals surface area (Å²) in [6.07, 6.45) is 0. The Morgan fingerprint density at radius 3 is 2.21 bits per heavy atom. The van der Waals surface area contributed by atoms with Gasteiger partial charge in [-0.05, 0) is 49.2 Å². The van der Waals surface area contributed by atoms with E-state index in [1.165, 1.54) is 0 Å². The standard InChI is InChI=1S/C22H31N3O4/c1-6-23-22(24-14-16-9-8-10-18(11-16)29-7-2)25-15-17-12-19(26-3)21(28-5)20(13-17)27-4/h8-13H,6-7,14-15H2,1-5H3,(H2,23,24,25). The van der Waals surface area contributed by atoms with Crippen LogP contribution >= 0.6 is 0 Å². The van der Waals surface area contributed by atoms with Crippen LogP contribution in [0.4, 0.5) is 0 Å². The summed E-state index contributed by atoms with van der Waals surface area (Å²) in [5.74, 6) is 3.39. The molecule has 0 atom stereocenters. The van der Waals surface area contributed by atoms with Gasteiger partial charge in [0.1, 0.15) is 5.75 Å². The molecule has 0 fully saturated rings. The van der Waals surface area contributed by atoms with Crippen molar-refractivity contribution < 1.29 is 18.9 Å². The van der Waals surface area contributed by atoms with Crippen molar-refractivity contribution in [3.63, 3.8) is 0 Å². The lowest BCUT2D eigenvalue weighted by molar-refractivity contribution is 0.324. The second kappa shape index (κ2) is 11.7. The number of guanidine groups is 1. The smallest absolute Gasteiger partial charge is 0.203 e. The van der Waals surface area contributed by atoms with E-state index in [4.69, 9.17) is 18.9 Å². The van der Waals surface area contributed by atoms with E-state index >= 15 is 0 Å². The zero-order chi connectivity index (χ0) is 21.1. The number of benzene rings is 2. The fourth-order valence-electron chi connectivity index (χ4n) is 2.84. The van der Waals surface area contributed by atoms with Gasteiger partial charge in [0.25, 0.3) is 0 Å². The third kappa shape index (κ3) is 6.48. The molecule has 0 aliphatic heterocycles. The van der Waals surface area contributed by atoms with Crippen LogP contribution in [0, 0.1) is 0 Å². The molecular weight excluding hydrogens is 370 g/mol. The summed E-state index contributed by atoms with van der Waals surface area (Å²) >= 11 is 0. The third-order valence-corrected chi connectivity index (χ3v) is 4.16. The van der Waals surface area contributed by atoms with E-state index in [0.717, 1.165) is 29.4 Å². The lowest BCUT2D eigenvalue weighted by atomic mass is 10.2. The number of methoxy groups -OCH3 is 3. The normalized spacial score (nSPS) is 11.0. The molecule has 0 bridgehead atoms. The maximum atomic E-state index is 5.56. The quantitative estimate of drug-likeness (QED) is 0.470. The Morgan fingerprint density at radius 2 is 1.62 bits per heavy atom. The van der Waals surface area contributed by atoms with Gasteiger partial charge in [-0.25, -0.2) is 4.99 Å². The van der Waals surface area contributed by atoms with Gasteiger partial charge in [-0.15, -0.1) is 0 Å². The SMILES string of the molecule is CCNC(=NCc1cc(OC)c(OC)c(OC)c1)NCc1cccc(OCC)c1. The first kappa shape index (κ1) is 22.2. The summed E-state index contributed by atoms with van der Waals surface area (Å²) in [4.78, 5) is 4.68. The largest absolute Gasteiger partial charge is 0.494 e. The van der Waals surface area contributed by atoms with Crippen molar-refractivity contribution in [1.29, 1.82) is 0 Å². The van der Waals surface area contributed by atoms with E-state index in [-0.39, 0.29) is 0 Å². The Morgan fingerprint density at radius 1 is 0.897 bits per heavy atom. The van der Waals surface area contributed by atoms with Crippen LogP contribution in [0.25, 0.3) is 0 Å². The molecule has 0 saturated heterocycles. The third-order valence-electron chi connectivity index (χ3n) is 4.16. The van der Waals surface area contributed by atoms with Gasteiger partial charge in [-0.3, -0.25) is 0 Å². The molecular formula is C22H31N3O4. The predicted octanol–water partition coefficient (Wildman–Crippen LogP) is 3.37. The molecule has 2 aromatic rings. The van der Waals surface area contributed by atoms with E-state index < -0.39 is 0 Å². The maximum Gasteiger partial charge on any atom is 0.203 e. The Bertz CT molecular complexity index is 783. The summed E-state index contributed by atoms with van der Waals surface area (Å²) < 4.78 is 21.8. The topological polar surface area (TPSA) is 73.3 Å². The molecule has 158 valence electrons. The molecule has 0 aliphatic rings. The number of aliphatic imine (C=N–C) groups is 1. The highest BCUT2D eigenvalue weighted by Crippen LogP contribution is 2.38. The minimum Gasteiger partial charge on any atom is -0.494 e. The molecule has 0 spiro atoms. The maximum absolute atomic E-state index is 5.56. The molecule has 29 heavy (non-hydrogen) atoms. The van der Waals surface area contributed by atoms with Crippen molar-refractivity contribution in [2.45, 2.75) is 26.9 Å². The molecule has 2 aromatic carbocycles. The Labute approximate surface area is 173 Å². The molecule has 2 rings (SSSR count). The minimum atomic E-state index is 0.463. The van der Waals surface area contributed by atoms with Gasteiger partial charge in [0.2, 0.25) is 5.75 Å². The first-order chi connectivity index (χ1) is 14.1. The van der Waals surface area contributed by atoms with Crippen molar-refractivity contribution in [3.8, 4) is 23.0 Å². The van der Waals surface area contributed by atoms with Crippen LogP contribution in [0.2, 0.25) is 0 Å². The molecule has 0 amide bonds. The zero-order valence-electron chi connectivity index (χ0n) is 17.9. The van der Waals surface area contributed by atoms with E-state index in [9.17, 15) is 0 Å². The van der Waals surface area contributed by atoms with Crippen molar-refractivity contribution in [2.24, 2.45) is 4.99 Å². The van der Waals surface area contributed by atoms with Gasteiger partial charge < -0.3 is 29.6 Å². The second-order valence-corrected chi connectivity index (χ2v) is 6.16. The summed E-state index contributed by atoms with van der Waals surface area (Å²) in [6, 6.07) is 11.8. The number of rotatable bonds is 10. The number of ether oxygens (including phenoxy) is 4. The first-order valence-electron chi connectivity index (χ1n) is 9.67. The van der Waals surface area contributed by atoms with Gasteiger partial charge in [-0.2, -0.15) is 0 Å². The molecule has 0 heterocycles. The van der Waals surface area contributed by atoms with Crippen LogP contribution in [-0.2, 0) is 13.1 Å². The molecule has 0 unspecified atom stereocenters. The number of hydrogen-bond acceptors (Lipinski definition) is 5. The fourth-order valence-corrected chi connectivity index (χ4v) is 2.84. The highest BCUT2D eigenvalue weighted by molar-refractivity contribution is 5.79. The van der Waals surface area contributed by atoms with Crippen LogP contribution in [0.1, 0.15) is 25.0 Å². The van der Waals surface area contributed by atoms with Gasteiger partial charge in [0.05, 0.1) is 34.5 Å². The summed E-state index contributed by atoms with van der Waals surface area (Å²) in [6.45, 7) is 6.53. The van der Waals surface area contributed by atoms with Crippen LogP contribution in [-0.4, -0.2) is 40.4 Å². The van der Waals surface area contributed by atoms with Crippen LogP contribution in [0.3, 0.4) is 0 Å². The molecule has 0 radical (unpaired) electrons. The average molecular weight is 402 g/mol. The van der Waals surface area contributed by atoms with Crippen molar-refractivity contribution in [1.82, 2.24) is 10.6 Å². The van der Waals surface area contributed by atoms with Crippen molar-refractivity contribution in [2.75, 3.05) is 34.5 Å². The fraction of sp³-hybridized carbons (Fsp3) is 0.409. The van der Waals surface area contributed by atoms with Gasteiger partial charge in [0.15, 0.2) is 17.5 Å². The summed E-state index contributed by atoms with van der Waals surface area (Å²) in [7, 11) is 4.80. The molecule has 2 N–H and O–H groups in total. The molecule has 7 heteroatoms. The lowest BCUT2D eigenvalue weighted by Crippen LogP contribution is -2.36. The van der Waals surface area contributed by atoms with E-state index in [0.29, 0.717) is 36.9 Å². The minimum absolute atomic E-state index is 0.463. The van der Waals surface area contributed by atoms with Crippen molar-refractivity contribution >= 4 is 5.96 Å². The van der Waals surface area contributed by atoms with Gasteiger partial charge in [-0.1, -0.05) is 12.1 Å². The van der Waals surface area contributed by atoms with E-state index in [1.807, 2.05) is 44.2 Å². The van der Waals surface area contributed by atoms with Crippen LogP contribution < -0.4 is 29.6 Å². The van der Waals surface area contributed by atoms with Crippen LogP contribution in [0.15, 0.2) is 41.4 Å². The van der Waals surface area contributed by atoms with Gasteiger partial charge in [0, 0.05) is 13.1 Å². The highest BCUT2D eigenvalue weighted by Gasteiger charge is 2.13. The zero-order valence-corrected chi connectivity index (χ0v) is 17.9.